The van der Waals surface area contributed by atoms with Gasteiger partial charge in [0.15, 0.2) is 0 Å². The molecule has 2 rings (SSSR count). The lowest BCUT2D eigenvalue weighted by atomic mass is 9.86. The SMILES string of the molecule is CCN(CC(=O)Nc1ccc(OC)cc1)[C@@H](C)C(=O)N[C@@H]1CCCC[C@@H]1C. The largest absolute Gasteiger partial charge is 0.497 e. The van der Waals surface area contributed by atoms with Crippen LogP contribution in [-0.2, 0) is 9.59 Å². The summed E-state index contributed by atoms with van der Waals surface area (Å²) in [5, 5.41) is 6.06. The Morgan fingerprint density at radius 1 is 1.22 bits per heavy atom. The molecule has 2 amide bonds. The molecular weight excluding hydrogens is 342 g/mol. The maximum absolute atomic E-state index is 12.7. The van der Waals surface area contributed by atoms with Gasteiger partial charge in [-0.05, 0) is 56.5 Å². The van der Waals surface area contributed by atoms with Crippen LogP contribution in [0.25, 0.3) is 0 Å². The Labute approximate surface area is 162 Å². The van der Waals surface area contributed by atoms with Crippen LogP contribution in [0, 0.1) is 5.92 Å². The van der Waals surface area contributed by atoms with E-state index in [4.69, 9.17) is 4.74 Å². The van der Waals surface area contributed by atoms with Crippen LogP contribution >= 0.6 is 0 Å². The van der Waals surface area contributed by atoms with Gasteiger partial charge in [-0.1, -0.05) is 26.7 Å². The summed E-state index contributed by atoms with van der Waals surface area (Å²) in [5.41, 5.74) is 0.713. The minimum Gasteiger partial charge on any atom is -0.497 e. The van der Waals surface area contributed by atoms with Crippen molar-refractivity contribution >= 4 is 17.5 Å². The molecule has 0 heterocycles. The van der Waals surface area contributed by atoms with E-state index in [1.807, 2.05) is 18.7 Å². The lowest BCUT2D eigenvalue weighted by molar-refractivity contribution is -0.128. The highest BCUT2D eigenvalue weighted by atomic mass is 16.5. The maximum Gasteiger partial charge on any atom is 0.238 e. The lowest BCUT2D eigenvalue weighted by Crippen LogP contribution is -2.51. The Bertz CT molecular complexity index is 618. The molecule has 6 heteroatoms. The molecule has 0 spiro atoms. The van der Waals surface area contributed by atoms with E-state index in [-0.39, 0.29) is 30.4 Å². The van der Waals surface area contributed by atoms with Gasteiger partial charge in [-0.15, -0.1) is 0 Å². The van der Waals surface area contributed by atoms with Crippen LogP contribution in [0.15, 0.2) is 24.3 Å². The van der Waals surface area contributed by atoms with Crippen molar-refractivity contribution in [2.75, 3.05) is 25.5 Å². The lowest BCUT2D eigenvalue weighted by Gasteiger charge is -2.33. The molecule has 3 atom stereocenters. The molecule has 0 bridgehead atoms. The Morgan fingerprint density at radius 3 is 2.48 bits per heavy atom. The van der Waals surface area contributed by atoms with Gasteiger partial charge in [-0.2, -0.15) is 0 Å². The van der Waals surface area contributed by atoms with Crippen molar-refractivity contribution in [3.05, 3.63) is 24.3 Å². The van der Waals surface area contributed by atoms with Gasteiger partial charge < -0.3 is 15.4 Å². The molecule has 0 aromatic heterocycles. The molecule has 0 unspecified atom stereocenters. The zero-order valence-electron chi connectivity index (χ0n) is 17.0. The van der Waals surface area contributed by atoms with E-state index in [1.54, 1.807) is 31.4 Å². The first kappa shape index (κ1) is 21.2. The van der Waals surface area contributed by atoms with Gasteiger partial charge in [0.1, 0.15) is 5.75 Å². The second kappa shape index (κ2) is 10.3. The van der Waals surface area contributed by atoms with E-state index in [1.165, 1.54) is 19.3 Å². The van der Waals surface area contributed by atoms with Gasteiger partial charge in [0.25, 0.3) is 0 Å². The van der Waals surface area contributed by atoms with Gasteiger partial charge in [0, 0.05) is 11.7 Å². The van der Waals surface area contributed by atoms with Gasteiger partial charge in [-0.25, -0.2) is 0 Å². The second-order valence-electron chi connectivity index (χ2n) is 7.39. The minimum absolute atomic E-state index is 0.00727. The molecular formula is C21H33N3O3. The van der Waals surface area contributed by atoms with E-state index in [2.05, 4.69) is 17.6 Å². The minimum atomic E-state index is -0.342. The number of methoxy groups -OCH3 is 1. The number of rotatable bonds is 8. The quantitative estimate of drug-likeness (QED) is 0.733. The number of amides is 2. The first-order valence-electron chi connectivity index (χ1n) is 9.93. The first-order chi connectivity index (χ1) is 12.9. The van der Waals surface area contributed by atoms with Crippen LogP contribution in [0.3, 0.4) is 0 Å². The van der Waals surface area contributed by atoms with Crippen molar-refractivity contribution < 1.29 is 14.3 Å². The highest BCUT2D eigenvalue weighted by Gasteiger charge is 2.27. The van der Waals surface area contributed by atoms with E-state index in [0.717, 1.165) is 12.2 Å². The summed E-state index contributed by atoms with van der Waals surface area (Å²) in [6.45, 7) is 6.84. The summed E-state index contributed by atoms with van der Waals surface area (Å²) in [6.07, 6.45) is 4.63. The number of ether oxygens (including phenoxy) is 1. The van der Waals surface area contributed by atoms with Crippen LogP contribution < -0.4 is 15.4 Å². The van der Waals surface area contributed by atoms with Gasteiger partial charge >= 0.3 is 0 Å². The van der Waals surface area contributed by atoms with Crippen molar-refractivity contribution in [3.63, 3.8) is 0 Å². The highest BCUT2D eigenvalue weighted by Crippen LogP contribution is 2.24. The number of anilines is 1. The van der Waals surface area contributed by atoms with Crippen LogP contribution in [0.1, 0.15) is 46.5 Å². The number of nitrogens with one attached hydrogen (secondary N) is 2. The van der Waals surface area contributed by atoms with Gasteiger partial charge in [-0.3, -0.25) is 14.5 Å². The van der Waals surface area contributed by atoms with Crippen molar-refractivity contribution in [1.82, 2.24) is 10.2 Å². The van der Waals surface area contributed by atoms with Crippen LogP contribution in [0.2, 0.25) is 0 Å². The van der Waals surface area contributed by atoms with Crippen molar-refractivity contribution in [2.24, 2.45) is 5.92 Å². The summed E-state index contributed by atoms with van der Waals surface area (Å²) in [5.74, 6) is 1.13. The molecule has 0 radical (unpaired) electrons. The molecule has 2 N–H and O–H groups in total. The molecule has 1 aromatic carbocycles. The number of benzene rings is 1. The fourth-order valence-electron chi connectivity index (χ4n) is 3.58. The molecule has 6 nitrogen and oxygen atoms in total. The number of nitrogens with zero attached hydrogens (tertiary/aromatic N) is 1. The summed E-state index contributed by atoms with van der Waals surface area (Å²) < 4.78 is 5.12. The van der Waals surface area contributed by atoms with E-state index < -0.39 is 0 Å². The number of carbonyl (C=O) groups is 2. The van der Waals surface area contributed by atoms with Gasteiger partial charge in [0.05, 0.1) is 19.7 Å². The number of carbonyl (C=O) groups excluding carboxylic acids is 2. The molecule has 0 aliphatic heterocycles. The third kappa shape index (κ3) is 6.24. The molecule has 1 fully saturated rings. The van der Waals surface area contributed by atoms with Crippen LogP contribution in [0.4, 0.5) is 5.69 Å². The summed E-state index contributed by atoms with van der Waals surface area (Å²) in [7, 11) is 1.60. The predicted octanol–water partition coefficient (Wildman–Crippen LogP) is 3.04. The van der Waals surface area contributed by atoms with E-state index in [9.17, 15) is 9.59 Å². The molecule has 0 saturated heterocycles. The molecule has 1 aliphatic rings. The fraction of sp³-hybridized carbons (Fsp3) is 0.619. The maximum atomic E-state index is 12.7. The Hall–Kier alpha value is -2.08. The Kier molecular flexibility index (Phi) is 8.10. The Balaban J connectivity index is 1.87. The predicted molar refractivity (Wildman–Crippen MR) is 108 cm³/mol. The van der Waals surface area contributed by atoms with E-state index >= 15 is 0 Å². The smallest absolute Gasteiger partial charge is 0.238 e. The zero-order valence-corrected chi connectivity index (χ0v) is 17.0. The third-order valence-corrected chi connectivity index (χ3v) is 5.49. The average molecular weight is 376 g/mol. The van der Waals surface area contributed by atoms with Crippen molar-refractivity contribution in [1.29, 1.82) is 0 Å². The monoisotopic (exact) mass is 375 g/mol. The van der Waals surface area contributed by atoms with Crippen molar-refractivity contribution in [3.8, 4) is 5.75 Å². The molecule has 1 aliphatic carbocycles. The van der Waals surface area contributed by atoms with Gasteiger partial charge in [0.2, 0.25) is 11.8 Å². The Morgan fingerprint density at radius 2 is 1.89 bits per heavy atom. The second-order valence-corrected chi connectivity index (χ2v) is 7.39. The molecule has 1 saturated carbocycles. The standard InChI is InChI=1S/C21H33N3O3/c1-5-24(14-20(25)22-17-10-12-18(27-4)13-11-17)16(3)21(26)23-19-9-7-6-8-15(19)2/h10-13,15-16,19H,5-9,14H2,1-4H3,(H,22,25)(H,23,26)/t15-,16-,19+/m0/s1. The average Bonchev–Trinajstić information content (AvgIpc) is 2.68. The van der Waals surface area contributed by atoms with Crippen molar-refractivity contribution in [2.45, 2.75) is 58.5 Å². The summed E-state index contributed by atoms with van der Waals surface area (Å²) >= 11 is 0. The number of likely N-dealkylation sites (N-methyl/N-ethyl adjacent to an activating group) is 1. The molecule has 1 aromatic rings. The van der Waals surface area contributed by atoms with E-state index in [0.29, 0.717) is 18.2 Å². The normalized spacial score (nSPS) is 20.8. The van der Waals surface area contributed by atoms with Crippen LogP contribution in [-0.4, -0.2) is 49.0 Å². The summed E-state index contributed by atoms with van der Waals surface area (Å²) in [6, 6.07) is 7.11. The number of hydrogen-bond acceptors (Lipinski definition) is 4. The summed E-state index contributed by atoms with van der Waals surface area (Å²) in [4.78, 5) is 26.9. The number of hydrogen-bond donors (Lipinski definition) is 2. The topological polar surface area (TPSA) is 70.7 Å². The van der Waals surface area contributed by atoms with Crippen LogP contribution in [0.5, 0.6) is 5.75 Å². The fourth-order valence-corrected chi connectivity index (χ4v) is 3.58. The third-order valence-electron chi connectivity index (χ3n) is 5.49. The molecule has 150 valence electrons. The molecule has 27 heavy (non-hydrogen) atoms. The highest BCUT2D eigenvalue weighted by molar-refractivity contribution is 5.93. The first-order valence-corrected chi connectivity index (χ1v) is 9.93. The zero-order chi connectivity index (χ0) is 19.8.